The molecule has 0 aromatic carbocycles. The third kappa shape index (κ3) is 7.61. The second-order valence-corrected chi connectivity index (χ2v) is 4.07. The molecular weight excluding hydrogens is 232 g/mol. The molecule has 0 radical (unpaired) electrons. The van der Waals surface area contributed by atoms with Crippen molar-refractivity contribution in [2.24, 2.45) is 5.92 Å². The van der Waals surface area contributed by atoms with Crippen molar-refractivity contribution in [2.45, 2.75) is 38.2 Å². The molecule has 0 amide bonds. The van der Waals surface area contributed by atoms with Crippen LogP contribution in [0, 0.1) is 5.92 Å². The highest BCUT2D eigenvalue weighted by atomic mass is 17.8. The fraction of sp³-hybridized carbons (Fsp3) is 1.00. The Morgan fingerprint density at radius 2 is 1.76 bits per heavy atom. The van der Waals surface area contributed by atoms with E-state index >= 15 is 0 Å². The van der Waals surface area contributed by atoms with Crippen LogP contribution in [-0.4, -0.2) is 36.1 Å². The highest BCUT2D eigenvalue weighted by Crippen LogP contribution is 2.19. The maximum absolute atomic E-state index is 9.41. The molecule has 0 spiro atoms. The molecular formula is C10H20O7. The fourth-order valence-electron chi connectivity index (χ4n) is 1.77. The van der Waals surface area contributed by atoms with Crippen LogP contribution in [0.2, 0.25) is 0 Å². The lowest BCUT2D eigenvalue weighted by Gasteiger charge is -2.19. The summed E-state index contributed by atoms with van der Waals surface area (Å²) in [7, 11) is 0. The van der Waals surface area contributed by atoms with E-state index in [2.05, 4.69) is 24.9 Å². The maximum Gasteiger partial charge on any atom is 0.0857 e. The van der Waals surface area contributed by atoms with Gasteiger partial charge in [0.15, 0.2) is 0 Å². The zero-order valence-corrected chi connectivity index (χ0v) is 9.75. The molecule has 2 unspecified atom stereocenters. The standard InChI is InChI=1S/C10H20O7/c11-8-10(12)7-9-3-1-2-5-13-15-17-16-14-6-4-9/h9-12H,1-8H2. The van der Waals surface area contributed by atoms with Crippen LogP contribution < -0.4 is 0 Å². The lowest BCUT2D eigenvalue weighted by molar-refractivity contribution is -0.708. The van der Waals surface area contributed by atoms with Crippen molar-refractivity contribution >= 4 is 0 Å². The number of aliphatic hydroxyl groups excluding tert-OH is 2. The van der Waals surface area contributed by atoms with Gasteiger partial charge in [0.1, 0.15) is 0 Å². The van der Waals surface area contributed by atoms with Gasteiger partial charge in [-0.3, -0.25) is 0 Å². The lowest BCUT2D eigenvalue weighted by atomic mass is 9.93. The van der Waals surface area contributed by atoms with Crippen LogP contribution in [0.4, 0.5) is 0 Å². The van der Waals surface area contributed by atoms with Crippen LogP contribution in [0.25, 0.3) is 0 Å². The van der Waals surface area contributed by atoms with Crippen LogP contribution in [0.5, 0.6) is 0 Å². The van der Waals surface area contributed by atoms with Gasteiger partial charge in [0.2, 0.25) is 0 Å². The topological polar surface area (TPSA) is 86.6 Å². The Labute approximate surface area is 99.9 Å². The molecule has 1 aliphatic heterocycles. The Morgan fingerprint density at radius 3 is 2.53 bits per heavy atom. The molecule has 17 heavy (non-hydrogen) atoms. The summed E-state index contributed by atoms with van der Waals surface area (Å²) in [5.41, 5.74) is 0. The van der Waals surface area contributed by atoms with Crippen molar-refractivity contribution in [1.29, 1.82) is 0 Å². The predicted octanol–water partition coefficient (Wildman–Crippen LogP) is 0.663. The molecule has 0 saturated carbocycles. The summed E-state index contributed by atoms with van der Waals surface area (Å²) in [6.07, 6.45) is 3.32. The van der Waals surface area contributed by atoms with Gasteiger partial charge in [0, 0.05) is 0 Å². The van der Waals surface area contributed by atoms with Gasteiger partial charge in [-0.15, -0.1) is 0 Å². The monoisotopic (exact) mass is 252 g/mol. The van der Waals surface area contributed by atoms with Crippen LogP contribution in [0.1, 0.15) is 32.1 Å². The average Bonchev–Trinajstić information content (AvgIpc) is 2.32. The quantitative estimate of drug-likeness (QED) is 0.713. The second-order valence-electron chi connectivity index (χ2n) is 4.07. The lowest BCUT2D eigenvalue weighted by Crippen LogP contribution is -2.19. The summed E-state index contributed by atoms with van der Waals surface area (Å²) in [4.78, 5) is 9.31. The summed E-state index contributed by atoms with van der Waals surface area (Å²) < 4.78 is 0. The molecule has 2 atom stereocenters. The van der Waals surface area contributed by atoms with Crippen LogP contribution >= 0.6 is 0 Å². The average molecular weight is 252 g/mol. The van der Waals surface area contributed by atoms with E-state index in [4.69, 9.17) is 5.11 Å². The smallest absolute Gasteiger partial charge is 0.0857 e. The largest absolute Gasteiger partial charge is 0.394 e. The van der Waals surface area contributed by atoms with E-state index in [1.807, 2.05) is 0 Å². The zero-order chi connectivity index (χ0) is 12.3. The number of hydrogen-bond donors (Lipinski definition) is 2. The maximum atomic E-state index is 9.41. The highest BCUT2D eigenvalue weighted by molar-refractivity contribution is 4.65. The molecule has 1 saturated heterocycles. The number of hydrogen-bond acceptors (Lipinski definition) is 7. The van der Waals surface area contributed by atoms with E-state index in [1.54, 1.807) is 0 Å². The van der Waals surface area contributed by atoms with E-state index in [9.17, 15) is 5.11 Å². The molecule has 1 rings (SSSR count). The van der Waals surface area contributed by atoms with E-state index in [1.165, 1.54) is 0 Å². The van der Waals surface area contributed by atoms with E-state index in [-0.39, 0.29) is 12.5 Å². The first-order valence-electron chi connectivity index (χ1n) is 5.86. The summed E-state index contributed by atoms with van der Waals surface area (Å²) in [5.74, 6) is 0.279. The molecule has 0 aromatic heterocycles. The van der Waals surface area contributed by atoms with E-state index in [0.29, 0.717) is 19.6 Å². The van der Waals surface area contributed by atoms with Gasteiger partial charge in [0.05, 0.1) is 25.9 Å². The third-order valence-corrected chi connectivity index (χ3v) is 2.67. The van der Waals surface area contributed by atoms with Gasteiger partial charge >= 0.3 is 0 Å². The van der Waals surface area contributed by atoms with Crippen molar-refractivity contribution in [2.75, 3.05) is 19.8 Å². The minimum atomic E-state index is -0.676. The Morgan fingerprint density at radius 1 is 1.00 bits per heavy atom. The van der Waals surface area contributed by atoms with Crippen molar-refractivity contribution in [3.8, 4) is 0 Å². The van der Waals surface area contributed by atoms with Gasteiger partial charge in [-0.25, -0.2) is 9.78 Å². The normalized spacial score (nSPS) is 26.8. The Balaban J connectivity index is 2.26. The molecule has 7 heteroatoms. The van der Waals surface area contributed by atoms with Crippen molar-refractivity contribution in [3.05, 3.63) is 0 Å². The van der Waals surface area contributed by atoms with Crippen molar-refractivity contribution < 1.29 is 35.1 Å². The van der Waals surface area contributed by atoms with Crippen molar-refractivity contribution in [3.63, 3.8) is 0 Å². The molecule has 7 nitrogen and oxygen atoms in total. The first-order chi connectivity index (χ1) is 8.33. The molecule has 2 N–H and O–H groups in total. The van der Waals surface area contributed by atoms with E-state index < -0.39 is 6.10 Å². The minimum absolute atomic E-state index is 0.214. The molecule has 0 aliphatic carbocycles. The summed E-state index contributed by atoms with van der Waals surface area (Å²) in [5, 5.41) is 30.8. The van der Waals surface area contributed by atoms with Gasteiger partial charge in [-0.2, -0.15) is 0 Å². The fourth-order valence-corrected chi connectivity index (χ4v) is 1.77. The van der Waals surface area contributed by atoms with Crippen LogP contribution in [0.15, 0.2) is 0 Å². The van der Waals surface area contributed by atoms with E-state index in [0.717, 1.165) is 25.7 Å². The molecule has 1 aliphatic rings. The SMILES string of the molecule is OCC(O)CC1CCCCOOOOOCC1. The first kappa shape index (κ1) is 14.8. The Hall–Kier alpha value is -0.280. The Bertz CT molecular complexity index is 166. The Kier molecular flexibility index (Phi) is 8.45. The summed E-state index contributed by atoms with van der Waals surface area (Å²) >= 11 is 0. The van der Waals surface area contributed by atoms with Gasteiger partial charge < -0.3 is 10.2 Å². The molecule has 0 aromatic rings. The third-order valence-electron chi connectivity index (χ3n) is 2.67. The molecule has 102 valence electrons. The van der Waals surface area contributed by atoms with Crippen LogP contribution in [-0.2, 0) is 24.9 Å². The summed E-state index contributed by atoms with van der Waals surface area (Å²) in [6, 6.07) is 0. The zero-order valence-electron chi connectivity index (χ0n) is 9.75. The molecule has 1 heterocycles. The van der Waals surface area contributed by atoms with Gasteiger partial charge in [-0.05, 0) is 40.3 Å². The second kappa shape index (κ2) is 9.72. The minimum Gasteiger partial charge on any atom is -0.394 e. The van der Waals surface area contributed by atoms with Crippen LogP contribution in [0.3, 0.4) is 0 Å². The molecule has 0 bridgehead atoms. The summed E-state index contributed by atoms with van der Waals surface area (Å²) in [6.45, 7) is 0.513. The van der Waals surface area contributed by atoms with Gasteiger partial charge in [0.25, 0.3) is 0 Å². The highest BCUT2D eigenvalue weighted by Gasteiger charge is 2.14. The first-order valence-corrected chi connectivity index (χ1v) is 5.86. The van der Waals surface area contributed by atoms with Gasteiger partial charge in [-0.1, -0.05) is 12.8 Å². The number of aliphatic hydroxyl groups is 2. The molecule has 1 fully saturated rings. The predicted molar refractivity (Wildman–Crippen MR) is 54.8 cm³/mol. The van der Waals surface area contributed by atoms with Crippen molar-refractivity contribution in [1.82, 2.24) is 0 Å². The number of rotatable bonds is 3.